The van der Waals surface area contributed by atoms with Crippen LogP contribution in [0.4, 0.5) is 5.82 Å². The number of hydrogen-bond donors (Lipinski definition) is 1. The Balaban J connectivity index is 2.84. The van der Waals surface area contributed by atoms with E-state index in [0.717, 1.165) is 24.5 Å². The van der Waals surface area contributed by atoms with E-state index < -0.39 is 6.10 Å². The van der Waals surface area contributed by atoms with Gasteiger partial charge in [0.1, 0.15) is 5.82 Å². The Morgan fingerprint density at radius 3 is 2.38 bits per heavy atom. The largest absolute Gasteiger partial charge is 0.389 e. The third-order valence-electron chi connectivity index (χ3n) is 2.28. The molecule has 0 fully saturated rings. The minimum absolute atomic E-state index is 0.478. The lowest BCUT2D eigenvalue weighted by Gasteiger charge is -2.20. The van der Waals surface area contributed by atoms with Gasteiger partial charge in [0.25, 0.3) is 0 Å². The number of rotatable bonds is 6. The summed E-state index contributed by atoms with van der Waals surface area (Å²) in [5, 5.41) is 9.37. The van der Waals surface area contributed by atoms with E-state index in [1.165, 1.54) is 0 Å². The van der Waals surface area contributed by atoms with Gasteiger partial charge in [-0.25, -0.2) is 4.98 Å². The van der Waals surface area contributed by atoms with Crippen LogP contribution in [0.25, 0.3) is 0 Å². The summed E-state index contributed by atoms with van der Waals surface area (Å²) in [6.45, 7) is 10.6. The van der Waals surface area contributed by atoms with Crippen molar-refractivity contribution in [3.8, 4) is 0 Å². The fourth-order valence-corrected chi connectivity index (χ4v) is 1.40. The SMILES string of the molecule is C=CCN(CC=C)c1ccc(C(C)O)cn1. The molecule has 0 aliphatic carbocycles. The normalized spacial score (nSPS) is 11.9. The van der Waals surface area contributed by atoms with E-state index in [9.17, 15) is 5.11 Å². The predicted octanol–water partition coefficient (Wildman–Crippen LogP) is 2.31. The number of aromatic nitrogens is 1. The lowest BCUT2D eigenvalue weighted by Crippen LogP contribution is -2.24. The lowest BCUT2D eigenvalue weighted by molar-refractivity contribution is 0.199. The molecule has 1 unspecified atom stereocenters. The second-order valence-corrected chi connectivity index (χ2v) is 3.61. The molecule has 0 aromatic carbocycles. The minimum atomic E-state index is -0.478. The van der Waals surface area contributed by atoms with Gasteiger partial charge in [-0.05, 0) is 18.6 Å². The molecule has 1 aromatic heterocycles. The van der Waals surface area contributed by atoms with Gasteiger partial charge in [-0.15, -0.1) is 13.2 Å². The van der Waals surface area contributed by atoms with Crippen molar-refractivity contribution < 1.29 is 5.11 Å². The molecule has 0 saturated carbocycles. The van der Waals surface area contributed by atoms with E-state index in [0.29, 0.717) is 0 Å². The van der Waals surface area contributed by atoms with E-state index in [2.05, 4.69) is 18.1 Å². The summed E-state index contributed by atoms with van der Waals surface area (Å²) in [6, 6.07) is 3.78. The second kappa shape index (κ2) is 6.08. The van der Waals surface area contributed by atoms with Crippen molar-refractivity contribution in [3.05, 3.63) is 49.2 Å². The Morgan fingerprint density at radius 1 is 1.38 bits per heavy atom. The maximum Gasteiger partial charge on any atom is 0.129 e. The number of pyridine rings is 1. The topological polar surface area (TPSA) is 36.4 Å². The first-order valence-corrected chi connectivity index (χ1v) is 5.29. The van der Waals surface area contributed by atoms with Gasteiger partial charge >= 0.3 is 0 Å². The Hall–Kier alpha value is -1.61. The van der Waals surface area contributed by atoms with E-state index in [1.807, 2.05) is 29.2 Å². The fraction of sp³-hybridized carbons (Fsp3) is 0.308. The van der Waals surface area contributed by atoms with Gasteiger partial charge in [0, 0.05) is 19.3 Å². The highest BCUT2D eigenvalue weighted by atomic mass is 16.3. The zero-order valence-electron chi connectivity index (χ0n) is 9.63. The van der Waals surface area contributed by atoms with Crippen molar-refractivity contribution in [1.82, 2.24) is 4.98 Å². The molecule has 0 amide bonds. The average molecular weight is 218 g/mol. The number of aliphatic hydroxyl groups is 1. The third-order valence-corrected chi connectivity index (χ3v) is 2.28. The van der Waals surface area contributed by atoms with Crippen LogP contribution in [-0.4, -0.2) is 23.2 Å². The minimum Gasteiger partial charge on any atom is -0.389 e. The van der Waals surface area contributed by atoms with Crippen LogP contribution in [0.2, 0.25) is 0 Å². The number of nitrogens with zero attached hydrogens (tertiary/aromatic N) is 2. The van der Waals surface area contributed by atoms with Gasteiger partial charge in [-0.3, -0.25) is 0 Å². The first kappa shape index (κ1) is 12.5. The molecular weight excluding hydrogens is 200 g/mol. The molecule has 16 heavy (non-hydrogen) atoms. The highest BCUT2D eigenvalue weighted by Crippen LogP contribution is 2.15. The summed E-state index contributed by atoms with van der Waals surface area (Å²) >= 11 is 0. The van der Waals surface area contributed by atoms with Crippen molar-refractivity contribution in [2.75, 3.05) is 18.0 Å². The van der Waals surface area contributed by atoms with Gasteiger partial charge in [-0.1, -0.05) is 18.2 Å². The summed E-state index contributed by atoms with van der Waals surface area (Å²) < 4.78 is 0. The van der Waals surface area contributed by atoms with Crippen LogP contribution in [0.5, 0.6) is 0 Å². The fourth-order valence-electron chi connectivity index (χ4n) is 1.40. The molecule has 1 rings (SSSR count). The standard InChI is InChI=1S/C13H18N2O/c1-4-8-15(9-5-2)13-7-6-12(10-14-13)11(3)16/h4-7,10-11,16H,1-2,8-9H2,3H3. The van der Waals surface area contributed by atoms with Crippen LogP contribution < -0.4 is 4.90 Å². The molecule has 0 saturated heterocycles. The van der Waals surface area contributed by atoms with E-state index in [-0.39, 0.29) is 0 Å². The number of anilines is 1. The Morgan fingerprint density at radius 2 is 2.00 bits per heavy atom. The molecule has 3 heteroatoms. The van der Waals surface area contributed by atoms with Crippen LogP contribution in [0.1, 0.15) is 18.6 Å². The molecule has 3 nitrogen and oxygen atoms in total. The van der Waals surface area contributed by atoms with Gasteiger partial charge in [-0.2, -0.15) is 0 Å². The van der Waals surface area contributed by atoms with Crippen molar-refractivity contribution in [3.63, 3.8) is 0 Å². The average Bonchev–Trinajstić information content (AvgIpc) is 2.29. The second-order valence-electron chi connectivity index (χ2n) is 3.61. The Bertz CT molecular complexity index is 333. The van der Waals surface area contributed by atoms with Crippen LogP contribution in [-0.2, 0) is 0 Å². The lowest BCUT2D eigenvalue weighted by atomic mass is 10.2. The van der Waals surface area contributed by atoms with Crippen LogP contribution in [0.3, 0.4) is 0 Å². The molecule has 86 valence electrons. The summed E-state index contributed by atoms with van der Waals surface area (Å²) in [7, 11) is 0. The zero-order valence-corrected chi connectivity index (χ0v) is 9.63. The van der Waals surface area contributed by atoms with Gasteiger partial charge < -0.3 is 10.0 Å². The first-order valence-electron chi connectivity index (χ1n) is 5.29. The molecule has 1 heterocycles. The Kier molecular flexibility index (Phi) is 4.73. The summed E-state index contributed by atoms with van der Waals surface area (Å²) in [4.78, 5) is 6.36. The molecule has 0 spiro atoms. The van der Waals surface area contributed by atoms with E-state index >= 15 is 0 Å². The van der Waals surface area contributed by atoms with Crippen molar-refractivity contribution in [1.29, 1.82) is 0 Å². The zero-order chi connectivity index (χ0) is 12.0. The molecular formula is C13H18N2O. The Labute approximate surface area is 96.7 Å². The van der Waals surface area contributed by atoms with E-state index in [4.69, 9.17) is 0 Å². The van der Waals surface area contributed by atoms with Crippen molar-refractivity contribution in [2.45, 2.75) is 13.0 Å². The van der Waals surface area contributed by atoms with Gasteiger partial charge in [0.15, 0.2) is 0 Å². The van der Waals surface area contributed by atoms with Crippen LogP contribution >= 0.6 is 0 Å². The highest BCUT2D eigenvalue weighted by molar-refractivity contribution is 5.41. The van der Waals surface area contributed by atoms with Crippen molar-refractivity contribution >= 4 is 5.82 Å². The monoisotopic (exact) mass is 218 g/mol. The first-order chi connectivity index (χ1) is 7.69. The van der Waals surface area contributed by atoms with Crippen LogP contribution in [0, 0.1) is 0 Å². The predicted molar refractivity (Wildman–Crippen MR) is 67.5 cm³/mol. The smallest absolute Gasteiger partial charge is 0.129 e. The quantitative estimate of drug-likeness (QED) is 0.744. The molecule has 1 aromatic rings. The maximum absolute atomic E-state index is 9.37. The number of hydrogen-bond acceptors (Lipinski definition) is 3. The maximum atomic E-state index is 9.37. The van der Waals surface area contributed by atoms with Crippen LogP contribution in [0.15, 0.2) is 43.6 Å². The van der Waals surface area contributed by atoms with E-state index in [1.54, 1.807) is 13.1 Å². The molecule has 0 aliphatic heterocycles. The van der Waals surface area contributed by atoms with Gasteiger partial charge in [0.05, 0.1) is 6.10 Å². The molecule has 0 bridgehead atoms. The molecule has 0 aliphatic rings. The summed E-state index contributed by atoms with van der Waals surface area (Å²) in [6.07, 6.45) is 4.87. The number of aliphatic hydroxyl groups excluding tert-OH is 1. The summed E-state index contributed by atoms with van der Waals surface area (Å²) in [5.74, 6) is 0.865. The highest BCUT2D eigenvalue weighted by Gasteiger charge is 2.06. The van der Waals surface area contributed by atoms with Gasteiger partial charge in [0.2, 0.25) is 0 Å². The molecule has 1 atom stereocenters. The summed E-state index contributed by atoms with van der Waals surface area (Å²) in [5.41, 5.74) is 0.820. The molecule has 1 N–H and O–H groups in total. The third kappa shape index (κ3) is 3.21. The molecule has 0 radical (unpaired) electrons. The van der Waals surface area contributed by atoms with Crippen molar-refractivity contribution in [2.24, 2.45) is 0 Å².